The summed E-state index contributed by atoms with van der Waals surface area (Å²) in [5.41, 5.74) is 0.408. The van der Waals surface area contributed by atoms with Crippen LogP contribution in [0.2, 0.25) is 0 Å². The molecule has 1 aromatic carbocycles. The molecule has 0 unspecified atom stereocenters. The highest BCUT2D eigenvalue weighted by atomic mass is 127. The van der Waals surface area contributed by atoms with E-state index in [1.807, 2.05) is 22.6 Å². The Labute approximate surface area is 103 Å². The van der Waals surface area contributed by atoms with Gasteiger partial charge in [-0.05, 0) is 45.8 Å². The van der Waals surface area contributed by atoms with Crippen LogP contribution in [0, 0.1) is 14.6 Å². The van der Waals surface area contributed by atoms with Gasteiger partial charge >= 0.3 is 0 Å². The summed E-state index contributed by atoms with van der Waals surface area (Å²) < 4.78 is 30.7. The van der Waals surface area contributed by atoms with E-state index in [9.17, 15) is 8.78 Å². The van der Waals surface area contributed by atoms with Crippen LogP contribution in [0.5, 0.6) is 0 Å². The Bertz CT molecular complexity index is 487. The molecule has 0 amide bonds. The predicted octanol–water partition coefficient (Wildman–Crippen LogP) is 3.01. The molecule has 0 fully saturated rings. The summed E-state index contributed by atoms with van der Waals surface area (Å²) in [6.45, 7) is 0. The normalized spacial score (nSPS) is 10.6. The minimum absolute atomic E-state index is 0.297. The van der Waals surface area contributed by atoms with Gasteiger partial charge in [-0.25, -0.2) is 13.8 Å². The van der Waals surface area contributed by atoms with E-state index in [1.54, 1.807) is 0 Å². The number of nitrogens with zero attached hydrogens (tertiary/aromatic N) is 2. The Hall–Kier alpha value is -0.630. The summed E-state index contributed by atoms with van der Waals surface area (Å²) in [6.07, 6.45) is 0.297. The molecule has 0 aliphatic rings. The molecule has 1 aromatic heterocycles. The van der Waals surface area contributed by atoms with Gasteiger partial charge < -0.3 is 0 Å². The molecule has 0 aliphatic carbocycles. The smallest absolute Gasteiger partial charge is 0.173 e. The maximum absolute atomic E-state index is 13.2. The molecular weight excluding hydrogens is 333 g/mol. The highest BCUT2D eigenvalue weighted by Crippen LogP contribution is 2.15. The first-order valence-electron chi connectivity index (χ1n) is 4.07. The van der Waals surface area contributed by atoms with Crippen LogP contribution in [-0.4, -0.2) is 9.36 Å². The van der Waals surface area contributed by atoms with Crippen molar-refractivity contribution in [2.75, 3.05) is 0 Å². The van der Waals surface area contributed by atoms with Crippen LogP contribution in [-0.2, 0) is 6.42 Å². The molecule has 0 N–H and O–H groups in total. The molecule has 2 rings (SSSR count). The fraction of sp³-hybridized carbons (Fsp3) is 0.111. The highest BCUT2D eigenvalue weighted by molar-refractivity contribution is 14.1. The SMILES string of the molecule is Fc1ccc(Cc2nsc(I)n2)c(F)c1. The molecule has 0 atom stereocenters. The molecule has 6 heteroatoms. The highest BCUT2D eigenvalue weighted by Gasteiger charge is 2.08. The fourth-order valence-electron chi connectivity index (χ4n) is 1.14. The molecule has 2 aromatic rings. The lowest BCUT2D eigenvalue weighted by atomic mass is 10.1. The Morgan fingerprint density at radius 2 is 2.13 bits per heavy atom. The zero-order valence-corrected chi connectivity index (χ0v) is 10.3. The first-order valence-corrected chi connectivity index (χ1v) is 5.92. The van der Waals surface area contributed by atoms with E-state index in [0.717, 1.165) is 9.08 Å². The van der Waals surface area contributed by atoms with Crippen LogP contribution < -0.4 is 0 Å². The van der Waals surface area contributed by atoms with Gasteiger partial charge in [-0.15, -0.1) is 0 Å². The third kappa shape index (κ3) is 2.69. The van der Waals surface area contributed by atoms with Gasteiger partial charge in [0, 0.05) is 12.5 Å². The van der Waals surface area contributed by atoms with Crippen LogP contribution in [0.4, 0.5) is 8.78 Å². The number of hydrogen-bond donors (Lipinski definition) is 0. The van der Waals surface area contributed by atoms with Crippen LogP contribution in [0.15, 0.2) is 18.2 Å². The minimum atomic E-state index is -0.572. The van der Waals surface area contributed by atoms with Crippen LogP contribution in [0.3, 0.4) is 0 Å². The van der Waals surface area contributed by atoms with Gasteiger partial charge in [-0.3, -0.25) is 0 Å². The zero-order chi connectivity index (χ0) is 10.8. The van der Waals surface area contributed by atoms with E-state index in [4.69, 9.17) is 0 Å². The lowest BCUT2D eigenvalue weighted by molar-refractivity contribution is 0.574. The Kier molecular flexibility index (Phi) is 3.25. The summed E-state index contributed by atoms with van der Waals surface area (Å²) in [5.74, 6) is -0.563. The predicted molar refractivity (Wildman–Crippen MR) is 61.8 cm³/mol. The fourth-order valence-corrected chi connectivity index (χ4v) is 2.15. The van der Waals surface area contributed by atoms with E-state index < -0.39 is 11.6 Å². The van der Waals surface area contributed by atoms with E-state index in [-0.39, 0.29) is 0 Å². The molecule has 0 radical (unpaired) electrons. The molecule has 0 bridgehead atoms. The van der Waals surface area contributed by atoms with Crippen LogP contribution in [0.1, 0.15) is 11.4 Å². The molecule has 15 heavy (non-hydrogen) atoms. The summed E-state index contributed by atoms with van der Waals surface area (Å²) in [7, 11) is 0. The summed E-state index contributed by atoms with van der Waals surface area (Å²) >= 11 is 3.31. The molecule has 0 aliphatic heterocycles. The molecule has 0 saturated carbocycles. The number of rotatable bonds is 2. The molecule has 0 spiro atoms. The molecular formula is C9H5F2IN2S. The average molecular weight is 338 g/mol. The molecule has 0 saturated heterocycles. The van der Waals surface area contributed by atoms with Crippen LogP contribution >= 0.6 is 34.1 Å². The van der Waals surface area contributed by atoms with Crippen molar-refractivity contribution in [2.45, 2.75) is 6.42 Å². The van der Waals surface area contributed by atoms with Crippen molar-refractivity contribution in [1.82, 2.24) is 9.36 Å². The molecule has 2 nitrogen and oxygen atoms in total. The van der Waals surface area contributed by atoms with Gasteiger partial charge in [0.05, 0.1) is 0 Å². The monoisotopic (exact) mass is 338 g/mol. The number of hydrogen-bond acceptors (Lipinski definition) is 3. The van der Waals surface area contributed by atoms with Crippen molar-refractivity contribution in [3.05, 3.63) is 44.2 Å². The molecule has 1 heterocycles. The first-order chi connectivity index (χ1) is 7.15. The first kappa shape index (κ1) is 10.9. The van der Waals surface area contributed by atoms with Crippen molar-refractivity contribution in [3.8, 4) is 0 Å². The third-order valence-corrected chi connectivity index (χ3v) is 3.18. The Morgan fingerprint density at radius 1 is 1.33 bits per heavy atom. The summed E-state index contributed by atoms with van der Waals surface area (Å²) in [5, 5.41) is 0. The number of benzene rings is 1. The van der Waals surface area contributed by atoms with Crippen molar-refractivity contribution in [2.24, 2.45) is 0 Å². The minimum Gasteiger partial charge on any atom is -0.213 e. The quantitative estimate of drug-likeness (QED) is 0.787. The van der Waals surface area contributed by atoms with E-state index in [2.05, 4.69) is 9.36 Å². The zero-order valence-electron chi connectivity index (χ0n) is 7.38. The van der Waals surface area contributed by atoms with Crippen molar-refractivity contribution < 1.29 is 8.78 Å². The lowest BCUT2D eigenvalue weighted by Gasteiger charge is -1.99. The topological polar surface area (TPSA) is 25.8 Å². The summed E-state index contributed by atoms with van der Waals surface area (Å²) in [4.78, 5) is 4.10. The standard InChI is InChI=1S/C9H5F2IN2S/c10-6-2-1-5(7(11)4-6)3-8-13-9(12)15-14-8/h1-2,4H,3H2. The number of aromatic nitrogens is 2. The molecule has 78 valence electrons. The van der Waals surface area contributed by atoms with Crippen molar-refractivity contribution in [1.29, 1.82) is 0 Å². The van der Waals surface area contributed by atoms with E-state index >= 15 is 0 Å². The van der Waals surface area contributed by atoms with Crippen LogP contribution in [0.25, 0.3) is 0 Å². The van der Waals surface area contributed by atoms with Crippen molar-refractivity contribution in [3.63, 3.8) is 0 Å². The van der Waals surface area contributed by atoms with Crippen molar-refractivity contribution >= 4 is 34.1 Å². The maximum atomic E-state index is 13.2. The van der Waals surface area contributed by atoms with E-state index in [0.29, 0.717) is 17.8 Å². The van der Waals surface area contributed by atoms with Gasteiger partial charge in [-0.2, -0.15) is 4.37 Å². The van der Waals surface area contributed by atoms with Gasteiger partial charge in [-0.1, -0.05) is 6.07 Å². The van der Waals surface area contributed by atoms with Gasteiger partial charge in [0.2, 0.25) is 0 Å². The lowest BCUT2D eigenvalue weighted by Crippen LogP contribution is -1.95. The number of halogens is 3. The van der Waals surface area contributed by atoms with Gasteiger partial charge in [0.15, 0.2) is 3.01 Å². The van der Waals surface area contributed by atoms with E-state index in [1.165, 1.54) is 23.7 Å². The largest absolute Gasteiger partial charge is 0.213 e. The average Bonchev–Trinajstić information content (AvgIpc) is 2.56. The van der Waals surface area contributed by atoms with Gasteiger partial charge in [0.25, 0.3) is 0 Å². The summed E-state index contributed by atoms with van der Waals surface area (Å²) in [6, 6.07) is 3.51. The second-order valence-electron chi connectivity index (χ2n) is 2.88. The second kappa shape index (κ2) is 4.48. The Morgan fingerprint density at radius 3 is 2.73 bits per heavy atom. The Balaban J connectivity index is 2.24. The second-order valence-corrected chi connectivity index (χ2v) is 5.38. The van der Waals surface area contributed by atoms with Gasteiger partial charge in [0.1, 0.15) is 17.5 Å². The maximum Gasteiger partial charge on any atom is 0.173 e. The third-order valence-electron chi connectivity index (χ3n) is 1.81.